The maximum atomic E-state index is 12.4. The predicted octanol–water partition coefficient (Wildman–Crippen LogP) is 4.91. The first kappa shape index (κ1) is 18.8. The summed E-state index contributed by atoms with van der Waals surface area (Å²) in [6, 6.07) is 12.6. The van der Waals surface area contributed by atoms with Crippen LogP contribution in [0.3, 0.4) is 0 Å². The van der Waals surface area contributed by atoms with Gasteiger partial charge in [0, 0.05) is 35.2 Å². The number of rotatable bonds is 4. The second kappa shape index (κ2) is 7.86. The highest BCUT2D eigenvalue weighted by atomic mass is 32.1. The summed E-state index contributed by atoms with van der Waals surface area (Å²) in [6.45, 7) is 9.65. The van der Waals surface area contributed by atoms with E-state index in [2.05, 4.69) is 21.2 Å². The van der Waals surface area contributed by atoms with E-state index in [1.165, 1.54) is 11.3 Å². The largest absolute Gasteiger partial charge is 0.312 e. The lowest BCUT2D eigenvalue weighted by atomic mass is 10.1. The number of carbonyl (C=O) groups is 2. The summed E-state index contributed by atoms with van der Waals surface area (Å²) in [7, 11) is 0. The normalized spacial score (nSPS) is 12.3. The van der Waals surface area contributed by atoms with Gasteiger partial charge in [-0.3, -0.25) is 14.9 Å². The number of anilines is 2. The molecule has 0 atom stereocenters. The van der Waals surface area contributed by atoms with Crippen LogP contribution < -0.4 is 10.2 Å². The van der Waals surface area contributed by atoms with Gasteiger partial charge in [-0.1, -0.05) is 31.2 Å². The molecule has 0 aliphatic carbocycles. The molecule has 2 amide bonds. The molecule has 1 aliphatic rings. The summed E-state index contributed by atoms with van der Waals surface area (Å²) in [6.07, 6.45) is 1.33. The number of nitrogens with one attached hydrogen (secondary N) is 1. The highest BCUT2D eigenvalue weighted by Crippen LogP contribution is 2.33. The predicted molar refractivity (Wildman–Crippen MR) is 115 cm³/mol. The molecule has 2 heterocycles. The van der Waals surface area contributed by atoms with Crippen LogP contribution in [0.5, 0.6) is 0 Å². The van der Waals surface area contributed by atoms with Crippen molar-refractivity contribution in [3.8, 4) is 11.3 Å². The zero-order valence-electron chi connectivity index (χ0n) is 15.8. The summed E-state index contributed by atoms with van der Waals surface area (Å²) >= 11 is 1.35. The minimum Gasteiger partial charge on any atom is -0.312 e. The Morgan fingerprint density at radius 3 is 2.93 bits per heavy atom. The van der Waals surface area contributed by atoms with Gasteiger partial charge in [0.05, 0.1) is 12.3 Å². The Hall–Kier alpha value is -3.50. The Bertz CT molecular complexity index is 1150. The summed E-state index contributed by atoms with van der Waals surface area (Å²) in [5.41, 5.74) is 4.70. The molecule has 29 heavy (non-hydrogen) atoms. The van der Waals surface area contributed by atoms with Crippen molar-refractivity contribution in [3.05, 3.63) is 70.4 Å². The average Bonchev–Trinajstić information content (AvgIpc) is 3.39. The van der Waals surface area contributed by atoms with Gasteiger partial charge in [-0.2, -0.15) is 0 Å². The first-order chi connectivity index (χ1) is 14.1. The van der Waals surface area contributed by atoms with E-state index >= 15 is 0 Å². The van der Waals surface area contributed by atoms with Crippen molar-refractivity contribution in [1.29, 1.82) is 0 Å². The molecule has 0 bridgehead atoms. The van der Waals surface area contributed by atoms with Crippen LogP contribution in [0.1, 0.15) is 29.3 Å². The van der Waals surface area contributed by atoms with Crippen molar-refractivity contribution in [2.24, 2.45) is 0 Å². The molecule has 144 valence electrons. The molecule has 0 spiro atoms. The van der Waals surface area contributed by atoms with Gasteiger partial charge >= 0.3 is 0 Å². The Balaban J connectivity index is 1.52. The van der Waals surface area contributed by atoms with Crippen molar-refractivity contribution >= 4 is 39.7 Å². The number of nitrogens with zero attached hydrogens (tertiary/aromatic N) is 3. The minimum absolute atomic E-state index is 0.137. The standard InChI is InChI=1S/C22H18N4O2S/c1-3-20(27)26-10-9-15-11-14(7-8-19(15)26)18-13-29-22(24-18)25-21(28)16-5-4-6-17(12-16)23-2/h4-8,11-13H,3,9-10H2,1H3,(H,24,25,28). The maximum Gasteiger partial charge on any atom is 0.256 e. The second-order valence-electron chi connectivity index (χ2n) is 6.65. The van der Waals surface area contributed by atoms with Crippen LogP contribution in [-0.4, -0.2) is 23.3 Å². The molecule has 0 saturated carbocycles. The van der Waals surface area contributed by atoms with E-state index < -0.39 is 0 Å². The van der Waals surface area contributed by atoms with E-state index in [-0.39, 0.29) is 11.8 Å². The molecular formula is C22H18N4O2S. The Morgan fingerprint density at radius 2 is 2.14 bits per heavy atom. The first-order valence-corrected chi connectivity index (χ1v) is 10.1. The molecule has 0 saturated heterocycles. The van der Waals surface area contributed by atoms with Gasteiger partial charge in [0.1, 0.15) is 0 Å². The third kappa shape index (κ3) is 3.75. The lowest BCUT2D eigenvalue weighted by Gasteiger charge is -2.16. The van der Waals surface area contributed by atoms with Crippen molar-refractivity contribution in [2.75, 3.05) is 16.8 Å². The quantitative estimate of drug-likeness (QED) is 0.631. The number of fused-ring (bicyclic) bond motifs is 1. The molecule has 4 rings (SSSR count). The van der Waals surface area contributed by atoms with Crippen LogP contribution in [0.25, 0.3) is 16.1 Å². The Labute approximate surface area is 172 Å². The first-order valence-electron chi connectivity index (χ1n) is 9.27. The van der Waals surface area contributed by atoms with Crippen molar-refractivity contribution < 1.29 is 9.59 Å². The van der Waals surface area contributed by atoms with Gasteiger partial charge in [-0.15, -0.1) is 11.3 Å². The Morgan fingerprint density at radius 1 is 1.28 bits per heavy atom. The molecule has 1 aliphatic heterocycles. The minimum atomic E-state index is -0.293. The molecule has 3 aromatic rings. The monoisotopic (exact) mass is 402 g/mol. The van der Waals surface area contributed by atoms with Crippen LogP contribution in [0, 0.1) is 6.57 Å². The highest BCUT2D eigenvalue weighted by Gasteiger charge is 2.24. The molecule has 1 N–H and O–H groups in total. The lowest BCUT2D eigenvalue weighted by Crippen LogP contribution is -2.27. The van der Waals surface area contributed by atoms with Gasteiger partial charge in [-0.25, -0.2) is 9.83 Å². The molecule has 1 aromatic heterocycles. The third-order valence-corrected chi connectivity index (χ3v) is 5.59. The average molecular weight is 402 g/mol. The maximum absolute atomic E-state index is 12.4. The molecule has 0 unspecified atom stereocenters. The summed E-state index contributed by atoms with van der Waals surface area (Å²) in [5, 5.41) is 5.20. The zero-order valence-corrected chi connectivity index (χ0v) is 16.6. The number of amides is 2. The summed E-state index contributed by atoms with van der Waals surface area (Å²) in [4.78, 5) is 34.2. The fourth-order valence-electron chi connectivity index (χ4n) is 3.36. The van der Waals surface area contributed by atoms with Gasteiger partial charge in [0.15, 0.2) is 10.8 Å². The van der Waals surface area contributed by atoms with Gasteiger partial charge in [-0.05, 0) is 30.2 Å². The SMILES string of the molecule is [C-]#[N+]c1cccc(C(=O)Nc2nc(-c3ccc4c(c3)CCN4C(=O)CC)cs2)c1. The lowest BCUT2D eigenvalue weighted by molar-refractivity contribution is -0.118. The van der Waals surface area contributed by atoms with Crippen LogP contribution in [0.2, 0.25) is 0 Å². The highest BCUT2D eigenvalue weighted by molar-refractivity contribution is 7.14. The summed E-state index contributed by atoms with van der Waals surface area (Å²) in [5.74, 6) is -0.156. The van der Waals surface area contributed by atoms with Gasteiger partial charge < -0.3 is 4.90 Å². The molecule has 6 nitrogen and oxygen atoms in total. The van der Waals surface area contributed by atoms with E-state index in [0.29, 0.717) is 29.3 Å². The molecule has 2 aromatic carbocycles. The van der Waals surface area contributed by atoms with Crippen LogP contribution >= 0.6 is 11.3 Å². The van der Waals surface area contributed by atoms with E-state index in [1.807, 2.05) is 29.3 Å². The smallest absolute Gasteiger partial charge is 0.256 e. The molecule has 0 fully saturated rings. The zero-order chi connectivity index (χ0) is 20.4. The topological polar surface area (TPSA) is 66.7 Å². The number of benzene rings is 2. The van der Waals surface area contributed by atoms with Crippen molar-refractivity contribution in [3.63, 3.8) is 0 Å². The summed E-state index contributed by atoms with van der Waals surface area (Å²) < 4.78 is 0. The number of thiazole rings is 1. The van der Waals surface area contributed by atoms with E-state index in [0.717, 1.165) is 28.9 Å². The van der Waals surface area contributed by atoms with Crippen LogP contribution in [0.4, 0.5) is 16.5 Å². The van der Waals surface area contributed by atoms with Crippen molar-refractivity contribution in [1.82, 2.24) is 4.98 Å². The van der Waals surface area contributed by atoms with E-state index in [4.69, 9.17) is 6.57 Å². The van der Waals surface area contributed by atoms with Crippen LogP contribution in [0.15, 0.2) is 47.8 Å². The number of aromatic nitrogens is 1. The Kier molecular flexibility index (Phi) is 5.10. The molecule has 7 heteroatoms. The fraction of sp³-hybridized carbons (Fsp3) is 0.182. The molecular weight excluding hydrogens is 384 g/mol. The van der Waals surface area contributed by atoms with E-state index in [9.17, 15) is 9.59 Å². The third-order valence-electron chi connectivity index (χ3n) is 4.84. The number of hydrogen-bond acceptors (Lipinski definition) is 4. The van der Waals surface area contributed by atoms with Gasteiger partial charge in [0.25, 0.3) is 5.91 Å². The molecule has 0 radical (unpaired) electrons. The van der Waals surface area contributed by atoms with Gasteiger partial charge in [0.2, 0.25) is 5.91 Å². The fourth-order valence-corrected chi connectivity index (χ4v) is 4.08. The number of hydrogen-bond donors (Lipinski definition) is 1. The van der Waals surface area contributed by atoms with Crippen LogP contribution in [-0.2, 0) is 11.2 Å². The van der Waals surface area contributed by atoms with Crippen molar-refractivity contribution in [2.45, 2.75) is 19.8 Å². The van der Waals surface area contributed by atoms with E-state index in [1.54, 1.807) is 24.3 Å². The second-order valence-corrected chi connectivity index (χ2v) is 7.50. The number of carbonyl (C=O) groups excluding carboxylic acids is 2.